The third-order valence-electron chi connectivity index (χ3n) is 5.89. The molecule has 0 aliphatic carbocycles. The highest BCUT2D eigenvalue weighted by Crippen LogP contribution is 2.39. The van der Waals surface area contributed by atoms with Gasteiger partial charge in [-0.2, -0.15) is 9.61 Å². The van der Waals surface area contributed by atoms with E-state index >= 15 is 0 Å². The van der Waals surface area contributed by atoms with E-state index in [2.05, 4.69) is 47.0 Å². The van der Waals surface area contributed by atoms with Crippen LogP contribution in [0.1, 0.15) is 64.5 Å². The number of aromatic nitrogens is 4. The highest BCUT2D eigenvalue weighted by molar-refractivity contribution is 5.68. The van der Waals surface area contributed by atoms with E-state index in [1.807, 2.05) is 0 Å². The quantitative estimate of drug-likeness (QED) is 0.908. The first-order valence-electron chi connectivity index (χ1n) is 9.81. The van der Waals surface area contributed by atoms with Gasteiger partial charge in [-0.05, 0) is 37.7 Å². The molecule has 0 amide bonds. The average Bonchev–Trinajstić information content (AvgIpc) is 3.09. The zero-order valence-corrected chi connectivity index (χ0v) is 15.9. The second kappa shape index (κ2) is 6.78. The number of aliphatic hydroxyl groups is 1. The lowest BCUT2D eigenvalue weighted by molar-refractivity contribution is -0.171. The SMILES string of the molecule is CC[C@H]1C[C@@H](O)CC2(CCN(c3cc(C(C)C)nn4cnnc34)CC2)O1. The number of rotatable bonds is 3. The Labute approximate surface area is 154 Å². The maximum absolute atomic E-state index is 10.3. The van der Waals surface area contributed by atoms with Crippen LogP contribution >= 0.6 is 0 Å². The molecule has 142 valence electrons. The molecule has 2 aromatic rings. The van der Waals surface area contributed by atoms with E-state index in [1.165, 1.54) is 0 Å². The summed E-state index contributed by atoms with van der Waals surface area (Å²) < 4.78 is 8.20. The number of nitrogens with zero attached hydrogens (tertiary/aromatic N) is 5. The van der Waals surface area contributed by atoms with E-state index in [0.29, 0.717) is 5.92 Å². The summed E-state index contributed by atoms with van der Waals surface area (Å²) in [6.07, 6.45) is 5.96. The third kappa shape index (κ3) is 3.18. The highest BCUT2D eigenvalue weighted by atomic mass is 16.5. The first-order chi connectivity index (χ1) is 12.5. The molecule has 2 atom stereocenters. The summed E-state index contributed by atoms with van der Waals surface area (Å²) in [5.74, 6) is 0.346. The average molecular weight is 359 g/mol. The van der Waals surface area contributed by atoms with Gasteiger partial charge in [0, 0.05) is 19.5 Å². The van der Waals surface area contributed by atoms with E-state index in [9.17, 15) is 5.11 Å². The summed E-state index contributed by atoms with van der Waals surface area (Å²) in [5, 5.41) is 23.2. The molecule has 2 aliphatic heterocycles. The zero-order valence-electron chi connectivity index (χ0n) is 15.9. The molecule has 2 fully saturated rings. The lowest BCUT2D eigenvalue weighted by atomic mass is 9.81. The van der Waals surface area contributed by atoms with Crippen LogP contribution in [0.5, 0.6) is 0 Å². The van der Waals surface area contributed by atoms with Crippen LogP contribution in [0, 0.1) is 0 Å². The molecule has 0 bridgehead atoms. The van der Waals surface area contributed by atoms with E-state index < -0.39 is 0 Å². The van der Waals surface area contributed by atoms with Crippen molar-refractivity contribution in [2.24, 2.45) is 0 Å². The summed E-state index contributed by atoms with van der Waals surface area (Å²) in [5.41, 5.74) is 2.77. The molecule has 7 heteroatoms. The Balaban J connectivity index is 1.57. The van der Waals surface area contributed by atoms with Crippen molar-refractivity contribution in [1.82, 2.24) is 19.8 Å². The molecule has 2 aromatic heterocycles. The van der Waals surface area contributed by atoms with Crippen LogP contribution in [0.3, 0.4) is 0 Å². The van der Waals surface area contributed by atoms with E-state index in [1.54, 1.807) is 10.8 Å². The van der Waals surface area contributed by atoms with Gasteiger partial charge in [0.2, 0.25) is 5.65 Å². The fourth-order valence-corrected chi connectivity index (χ4v) is 4.34. The topological polar surface area (TPSA) is 75.8 Å². The van der Waals surface area contributed by atoms with Crippen molar-refractivity contribution in [3.8, 4) is 0 Å². The normalized spacial score (nSPS) is 26.1. The molecular weight excluding hydrogens is 330 g/mol. The second-order valence-electron chi connectivity index (χ2n) is 8.12. The van der Waals surface area contributed by atoms with Crippen molar-refractivity contribution in [3.05, 3.63) is 18.1 Å². The molecule has 0 saturated carbocycles. The van der Waals surface area contributed by atoms with Gasteiger partial charge in [-0.25, -0.2) is 0 Å². The molecule has 2 aliphatic rings. The predicted molar refractivity (Wildman–Crippen MR) is 99.5 cm³/mol. The molecule has 1 N–H and O–H groups in total. The molecule has 0 unspecified atom stereocenters. The molecular formula is C19H29N5O2. The highest BCUT2D eigenvalue weighted by Gasteiger charge is 2.43. The lowest BCUT2D eigenvalue weighted by Crippen LogP contribution is -2.52. The second-order valence-corrected chi connectivity index (χ2v) is 8.12. The van der Waals surface area contributed by atoms with Crippen molar-refractivity contribution in [2.45, 2.75) is 76.6 Å². The molecule has 0 radical (unpaired) electrons. The number of aliphatic hydroxyl groups excluding tert-OH is 1. The summed E-state index contributed by atoms with van der Waals surface area (Å²) in [6, 6.07) is 2.15. The van der Waals surface area contributed by atoms with Gasteiger partial charge in [-0.15, -0.1) is 10.2 Å². The maximum Gasteiger partial charge on any atom is 0.200 e. The number of hydrogen-bond acceptors (Lipinski definition) is 6. The van der Waals surface area contributed by atoms with Gasteiger partial charge in [0.1, 0.15) is 6.33 Å². The van der Waals surface area contributed by atoms with Gasteiger partial charge in [-0.1, -0.05) is 20.8 Å². The van der Waals surface area contributed by atoms with Crippen LogP contribution in [-0.4, -0.2) is 55.8 Å². The maximum atomic E-state index is 10.3. The molecule has 4 rings (SSSR count). The van der Waals surface area contributed by atoms with Gasteiger partial charge in [0.15, 0.2) is 0 Å². The fraction of sp³-hybridized carbons (Fsp3) is 0.737. The molecule has 1 spiro atoms. The predicted octanol–water partition coefficient (Wildman–Crippen LogP) is 2.54. The summed E-state index contributed by atoms with van der Waals surface area (Å²) in [7, 11) is 0. The zero-order chi connectivity index (χ0) is 18.3. The smallest absolute Gasteiger partial charge is 0.200 e. The van der Waals surface area contributed by atoms with Crippen LogP contribution in [0.2, 0.25) is 0 Å². The molecule has 7 nitrogen and oxygen atoms in total. The van der Waals surface area contributed by atoms with Gasteiger partial charge < -0.3 is 14.7 Å². The molecule has 4 heterocycles. The number of piperidine rings is 1. The first kappa shape index (κ1) is 17.7. The summed E-state index contributed by atoms with van der Waals surface area (Å²) >= 11 is 0. The number of anilines is 1. The third-order valence-corrected chi connectivity index (χ3v) is 5.89. The minimum Gasteiger partial charge on any atom is -0.393 e. The monoisotopic (exact) mass is 359 g/mol. The number of fused-ring (bicyclic) bond motifs is 1. The molecule has 26 heavy (non-hydrogen) atoms. The minimum absolute atomic E-state index is 0.174. The van der Waals surface area contributed by atoms with Gasteiger partial charge in [-0.3, -0.25) is 0 Å². The van der Waals surface area contributed by atoms with Crippen LogP contribution < -0.4 is 4.90 Å². The Kier molecular flexibility index (Phi) is 4.61. The van der Waals surface area contributed by atoms with Crippen molar-refractivity contribution in [3.63, 3.8) is 0 Å². The van der Waals surface area contributed by atoms with Gasteiger partial charge in [0.25, 0.3) is 0 Å². The lowest BCUT2D eigenvalue weighted by Gasteiger charge is -2.48. The Morgan fingerprint density at radius 2 is 2.12 bits per heavy atom. The van der Waals surface area contributed by atoms with E-state index in [-0.39, 0.29) is 17.8 Å². The van der Waals surface area contributed by atoms with Crippen molar-refractivity contribution in [2.75, 3.05) is 18.0 Å². The van der Waals surface area contributed by atoms with Crippen LogP contribution in [0.25, 0.3) is 5.65 Å². The number of hydrogen-bond donors (Lipinski definition) is 1. The first-order valence-corrected chi connectivity index (χ1v) is 9.81. The Hall–Kier alpha value is -1.73. The van der Waals surface area contributed by atoms with Gasteiger partial charge >= 0.3 is 0 Å². The largest absolute Gasteiger partial charge is 0.393 e. The minimum atomic E-state index is -0.239. The summed E-state index contributed by atoms with van der Waals surface area (Å²) in [6.45, 7) is 8.23. The van der Waals surface area contributed by atoms with E-state index in [4.69, 9.17) is 4.74 Å². The van der Waals surface area contributed by atoms with Crippen molar-refractivity contribution >= 4 is 11.3 Å². The molecule has 2 saturated heterocycles. The van der Waals surface area contributed by atoms with E-state index in [0.717, 1.165) is 62.2 Å². The Bertz CT molecular complexity index is 766. The van der Waals surface area contributed by atoms with Crippen LogP contribution in [0.15, 0.2) is 12.4 Å². The van der Waals surface area contributed by atoms with Crippen LogP contribution in [-0.2, 0) is 4.74 Å². The Morgan fingerprint density at radius 1 is 1.35 bits per heavy atom. The number of ether oxygens (including phenoxy) is 1. The summed E-state index contributed by atoms with van der Waals surface area (Å²) in [4.78, 5) is 2.37. The van der Waals surface area contributed by atoms with Gasteiger partial charge in [0.05, 0.1) is 29.2 Å². The van der Waals surface area contributed by atoms with Crippen molar-refractivity contribution < 1.29 is 9.84 Å². The van der Waals surface area contributed by atoms with Crippen molar-refractivity contribution in [1.29, 1.82) is 0 Å². The van der Waals surface area contributed by atoms with Crippen LogP contribution in [0.4, 0.5) is 5.69 Å². The molecule has 0 aromatic carbocycles. The Morgan fingerprint density at radius 3 is 2.81 bits per heavy atom. The standard InChI is InChI=1S/C19H29N5O2/c1-4-15-9-14(25)11-19(26-15)5-7-23(8-6-19)17-10-16(13(2)3)22-24-12-20-21-18(17)24/h10,12-15,25H,4-9,11H2,1-3H3/t14-,15+/m1/s1. The fourth-order valence-electron chi connectivity index (χ4n) is 4.34.